The smallest absolute Gasteiger partial charge is 0.422 e. The van der Waals surface area contributed by atoms with Gasteiger partial charge in [-0.3, -0.25) is 4.98 Å². The molecule has 0 aliphatic rings. The first kappa shape index (κ1) is 26.7. The topological polar surface area (TPSA) is 35.0 Å². The molecule has 38 heavy (non-hydrogen) atoms. The van der Waals surface area contributed by atoms with Crippen molar-refractivity contribution in [3.63, 3.8) is 0 Å². The van der Waals surface area contributed by atoms with Crippen LogP contribution in [0.5, 0.6) is 11.8 Å². The zero-order valence-corrected chi connectivity index (χ0v) is 22.7. The van der Waals surface area contributed by atoms with Crippen molar-refractivity contribution < 1.29 is 25.8 Å². The van der Waals surface area contributed by atoms with Crippen LogP contribution in [-0.2, 0) is 21.1 Å². The summed E-state index contributed by atoms with van der Waals surface area (Å²) >= 11 is 0. The van der Waals surface area contributed by atoms with Gasteiger partial charge < -0.3 is 4.74 Å². The summed E-state index contributed by atoms with van der Waals surface area (Å²) in [6.07, 6.45) is 1.69. The maximum atomic E-state index is 5.72. The van der Waals surface area contributed by atoms with Crippen LogP contribution in [0.15, 0.2) is 146 Å². The Morgan fingerprint density at radius 1 is 0.526 bits per heavy atom. The molecule has 0 radical (unpaired) electrons. The molecule has 0 N–H and O–H groups in total. The third kappa shape index (κ3) is 7.35. The number of aromatic nitrogens is 2. The van der Waals surface area contributed by atoms with E-state index in [2.05, 4.69) is 64.6 Å². The molecule has 0 fully saturated rings. The van der Waals surface area contributed by atoms with Crippen molar-refractivity contribution >= 4 is 0 Å². The van der Waals surface area contributed by atoms with Gasteiger partial charge in [0.05, 0.1) is 0 Å². The molecule has 0 atom stereocenters. The quantitative estimate of drug-likeness (QED) is 0.172. The van der Waals surface area contributed by atoms with E-state index >= 15 is 0 Å². The Morgan fingerprint density at radius 2 is 1.13 bits per heavy atom. The molecule has 4 aromatic carbocycles. The average molecular weight is 672 g/mol. The van der Waals surface area contributed by atoms with Crippen molar-refractivity contribution in [2.24, 2.45) is 0 Å². The number of hydrogen-bond acceptors (Lipinski definition) is 3. The molecular formula is C34H24N2OPt. The molecule has 0 bridgehead atoms. The van der Waals surface area contributed by atoms with Crippen molar-refractivity contribution in [3.8, 4) is 45.3 Å². The summed E-state index contributed by atoms with van der Waals surface area (Å²) in [4.78, 5) is 8.74. The summed E-state index contributed by atoms with van der Waals surface area (Å²) < 4.78 is 5.72. The van der Waals surface area contributed by atoms with Crippen LogP contribution in [-0.4, -0.2) is 9.97 Å². The van der Waals surface area contributed by atoms with Crippen LogP contribution in [0.3, 0.4) is 0 Å². The normalized spacial score (nSPS) is 9.89. The number of nitrogens with zero attached hydrogens (tertiary/aromatic N) is 2. The van der Waals surface area contributed by atoms with Crippen LogP contribution < -0.4 is 4.74 Å². The number of hydrogen-bond donors (Lipinski definition) is 0. The Kier molecular flexibility index (Phi) is 9.73. The Hall–Kier alpha value is -4.33. The van der Waals surface area contributed by atoms with Gasteiger partial charge in [0.15, 0.2) is 0 Å². The van der Waals surface area contributed by atoms with Gasteiger partial charge in [0.25, 0.3) is 0 Å². The molecule has 0 aliphatic heterocycles. The third-order valence-electron chi connectivity index (χ3n) is 5.58. The minimum Gasteiger partial charge on any atom is -0.422 e. The Morgan fingerprint density at radius 3 is 1.82 bits per heavy atom. The van der Waals surface area contributed by atoms with Crippen LogP contribution in [0.4, 0.5) is 0 Å². The minimum absolute atomic E-state index is 0. The summed E-state index contributed by atoms with van der Waals surface area (Å²) in [7, 11) is 0. The second kappa shape index (κ2) is 13.8. The second-order valence-electron chi connectivity index (χ2n) is 8.14. The molecule has 186 valence electrons. The third-order valence-corrected chi connectivity index (χ3v) is 5.58. The van der Waals surface area contributed by atoms with Crippen molar-refractivity contribution in [1.82, 2.24) is 9.97 Å². The summed E-state index contributed by atoms with van der Waals surface area (Å²) in [5.74, 6) is 1.03. The molecule has 0 aliphatic carbocycles. The molecule has 2 aromatic heterocycles. The summed E-state index contributed by atoms with van der Waals surface area (Å²) in [6.45, 7) is 0. The van der Waals surface area contributed by atoms with Gasteiger partial charge in [0, 0.05) is 12.3 Å². The molecule has 0 unspecified atom stereocenters. The standard InChI is InChI=1S/C22H15N2O.C12H9.Pt/c1-2-8-17(9-3-1)18-10-6-11-19(16-18)20-12-7-14-22(24-20)25-21-13-4-5-15-23-21;1-3-7-11(8-4-1)12-9-5-2-6-10-12;/h1-10,12-16H;1,3-10H;/q2*-1;+2. The van der Waals surface area contributed by atoms with E-state index < -0.39 is 0 Å². The fraction of sp³-hybridized carbons (Fsp3) is 0. The molecule has 0 amide bonds. The first-order chi connectivity index (χ1) is 18.3. The summed E-state index contributed by atoms with van der Waals surface area (Å²) in [5, 5.41) is 0. The first-order valence-corrected chi connectivity index (χ1v) is 12.0. The van der Waals surface area contributed by atoms with Crippen LogP contribution in [0.2, 0.25) is 0 Å². The fourth-order valence-corrected chi connectivity index (χ4v) is 3.77. The predicted octanol–water partition coefficient (Wildman–Crippen LogP) is 8.55. The van der Waals surface area contributed by atoms with Gasteiger partial charge in [-0.2, -0.15) is 30.3 Å². The van der Waals surface area contributed by atoms with Crippen LogP contribution in [0.1, 0.15) is 0 Å². The maximum Gasteiger partial charge on any atom is 2.00 e. The van der Waals surface area contributed by atoms with Crippen LogP contribution in [0.25, 0.3) is 33.5 Å². The number of rotatable bonds is 5. The van der Waals surface area contributed by atoms with Gasteiger partial charge in [0.1, 0.15) is 0 Å². The number of ether oxygens (including phenoxy) is 1. The Labute approximate surface area is 238 Å². The van der Waals surface area contributed by atoms with Gasteiger partial charge in [-0.15, -0.1) is 41.0 Å². The Balaban J connectivity index is 0.000000218. The largest absolute Gasteiger partial charge is 2.00 e. The zero-order valence-electron chi connectivity index (χ0n) is 20.5. The molecule has 0 spiro atoms. The maximum absolute atomic E-state index is 5.72. The molecule has 4 heteroatoms. The van der Waals surface area contributed by atoms with Gasteiger partial charge >= 0.3 is 21.1 Å². The van der Waals surface area contributed by atoms with Crippen molar-refractivity contribution in [1.29, 1.82) is 0 Å². The van der Waals surface area contributed by atoms with E-state index in [0.29, 0.717) is 11.8 Å². The van der Waals surface area contributed by atoms with E-state index in [-0.39, 0.29) is 21.1 Å². The summed E-state index contributed by atoms with van der Waals surface area (Å²) in [6, 6.07) is 52.1. The Bertz CT molecular complexity index is 1490. The van der Waals surface area contributed by atoms with E-state index in [9.17, 15) is 0 Å². The minimum atomic E-state index is 0. The zero-order chi connectivity index (χ0) is 25.1. The van der Waals surface area contributed by atoms with E-state index in [0.717, 1.165) is 16.8 Å². The SMILES string of the molecule is [Pt+2].[c-]1ccc(-c2ccccc2)cc1.[c-]1ccc(-c2ccccc2)cc1-c1cccc(Oc2ccccn2)n1. The van der Waals surface area contributed by atoms with Gasteiger partial charge in [-0.25, -0.2) is 4.98 Å². The second-order valence-corrected chi connectivity index (χ2v) is 8.14. The molecule has 3 nitrogen and oxygen atoms in total. The van der Waals surface area contributed by atoms with Crippen molar-refractivity contribution in [2.75, 3.05) is 0 Å². The summed E-state index contributed by atoms with van der Waals surface area (Å²) in [5.41, 5.74) is 6.53. The molecular weight excluding hydrogens is 647 g/mol. The number of pyridine rings is 2. The van der Waals surface area contributed by atoms with Crippen LogP contribution in [0, 0.1) is 12.1 Å². The van der Waals surface area contributed by atoms with Gasteiger partial charge in [0.2, 0.25) is 11.8 Å². The molecule has 0 saturated carbocycles. The van der Waals surface area contributed by atoms with Gasteiger partial charge in [-0.1, -0.05) is 78.9 Å². The number of benzene rings is 4. The average Bonchev–Trinajstić information content (AvgIpc) is 3.00. The predicted molar refractivity (Wildman–Crippen MR) is 149 cm³/mol. The van der Waals surface area contributed by atoms with Crippen molar-refractivity contribution in [2.45, 2.75) is 0 Å². The van der Waals surface area contributed by atoms with E-state index in [1.807, 2.05) is 91.0 Å². The monoisotopic (exact) mass is 671 g/mol. The van der Waals surface area contributed by atoms with Crippen molar-refractivity contribution in [3.05, 3.63) is 158 Å². The molecule has 6 rings (SSSR count). The molecule has 0 saturated heterocycles. The fourth-order valence-electron chi connectivity index (χ4n) is 3.77. The molecule has 6 aromatic rings. The van der Waals surface area contributed by atoms with Crippen LogP contribution >= 0.6 is 0 Å². The first-order valence-electron chi connectivity index (χ1n) is 12.0. The molecule has 2 heterocycles. The van der Waals surface area contributed by atoms with E-state index in [1.54, 1.807) is 12.3 Å². The van der Waals surface area contributed by atoms with E-state index in [4.69, 9.17) is 4.74 Å². The van der Waals surface area contributed by atoms with Gasteiger partial charge in [-0.05, 0) is 29.0 Å². The van der Waals surface area contributed by atoms with E-state index in [1.165, 1.54) is 16.7 Å².